The first-order chi connectivity index (χ1) is 4.91. The van der Waals surface area contributed by atoms with Crippen LogP contribution in [0, 0.1) is 6.92 Å². The molecule has 0 spiro atoms. The third kappa shape index (κ3) is 29.2. The minimum Gasteiger partial charge on any atom is -1.00 e. The number of hydrogen-bond donors (Lipinski definition) is 0. The van der Waals surface area contributed by atoms with Gasteiger partial charge in [-0.05, 0) is 0 Å². The first-order valence-electron chi connectivity index (χ1n) is 4.71. The molecule has 0 unspecified atom stereocenters. The normalized spacial score (nSPS) is 7.29. The molecule has 0 aliphatic carbocycles. The topological polar surface area (TPSA) is 0 Å². The molecule has 0 saturated carbocycles. The van der Waals surface area contributed by atoms with Crippen molar-refractivity contribution in [1.82, 2.24) is 0 Å². The molecule has 0 atom stereocenters. The predicted octanol–water partition coefficient (Wildman–Crippen LogP) is -5.03. The molecule has 0 heterocycles. The summed E-state index contributed by atoms with van der Waals surface area (Å²) in [6.07, 6.45) is 10.9. The van der Waals surface area contributed by atoms with Crippen molar-refractivity contribution >= 4 is 0 Å². The summed E-state index contributed by atoms with van der Waals surface area (Å²) in [6, 6.07) is 0. The number of unbranched alkanes of at least 4 members (excludes halogenated alkanes) is 7. The van der Waals surface area contributed by atoms with Crippen molar-refractivity contribution in [3.8, 4) is 0 Å². The molecule has 4 heteroatoms. The van der Waals surface area contributed by atoms with Crippen molar-refractivity contribution in [1.29, 1.82) is 0 Å². The molecular weight excluding hydrogens is 318 g/mol. The Bertz CT molecular complexity index is 55.3. The summed E-state index contributed by atoms with van der Waals surface area (Å²) in [5.74, 6) is 0. The summed E-state index contributed by atoms with van der Waals surface area (Å²) in [6.45, 7) is 6.08. The fraction of sp³-hybridized carbons (Fsp3) is 0.900. The Balaban J connectivity index is -0.0000000675. The van der Waals surface area contributed by atoms with E-state index < -0.39 is 0 Å². The molecule has 0 fully saturated rings. The minimum atomic E-state index is 0. The molecule has 0 amide bonds. The van der Waals surface area contributed by atoms with Crippen molar-refractivity contribution in [2.45, 2.75) is 58.3 Å². The van der Waals surface area contributed by atoms with Crippen LogP contribution in [-0.2, 0) is 26.2 Å². The molecule has 0 aromatic carbocycles. The van der Waals surface area contributed by atoms with E-state index in [1.807, 2.05) is 0 Å². The van der Waals surface area contributed by atoms with E-state index in [1.54, 1.807) is 0 Å². The van der Waals surface area contributed by atoms with Crippen molar-refractivity contribution in [3.05, 3.63) is 6.92 Å². The summed E-state index contributed by atoms with van der Waals surface area (Å²) < 4.78 is 0. The predicted molar refractivity (Wildman–Crippen MR) is 48.0 cm³/mol. The molecule has 14 heavy (non-hydrogen) atoms. The fourth-order valence-corrected chi connectivity index (χ4v) is 1.13. The summed E-state index contributed by atoms with van der Waals surface area (Å²) in [5, 5.41) is 0. The Morgan fingerprint density at radius 1 is 0.714 bits per heavy atom. The van der Waals surface area contributed by atoms with E-state index in [-0.39, 0.29) is 63.4 Å². The van der Waals surface area contributed by atoms with Gasteiger partial charge >= 0.3 is 26.2 Å². The van der Waals surface area contributed by atoms with E-state index >= 15 is 0 Å². The van der Waals surface area contributed by atoms with Gasteiger partial charge in [-0.2, -0.15) is 6.42 Å². The van der Waals surface area contributed by atoms with E-state index in [9.17, 15) is 0 Å². The molecule has 86 valence electrons. The molecule has 0 rings (SSSR count). The van der Waals surface area contributed by atoms with E-state index in [0.717, 1.165) is 6.42 Å². The molecule has 0 aliphatic rings. The maximum atomic E-state index is 3.82. The maximum Gasteiger partial charge on any atom is 4.00 e. The zero-order valence-electron chi connectivity index (χ0n) is 9.00. The van der Waals surface area contributed by atoms with Gasteiger partial charge in [0.1, 0.15) is 0 Å². The van der Waals surface area contributed by atoms with Crippen molar-refractivity contribution in [2.75, 3.05) is 0 Å². The first kappa shape index (κ1) is 29.7. The van der Waals surface area contributed by atoms with E-state index in [1.165, 1.54) is 44.9 Å². The third-order valence-corrected chi connectivity index (χ3v) is 1.85. The van der Waals surface area contributed by atoms with Crippen molar-refractivity contribution < 1.29 is 63.4 Å². The second kappa shape index (κ2) is 29.3. The molecule has 0 aromatic heterocycles. The number of hydrogen-bond acceptors (Lipinski definition) is 0. The summed E-state index contributed by atoms with van der Waals surface area (Å²) in [4.78, 5) is 0. The van der Waals surface area contributed by atoms with Crippen LogP contribution in [0.15, 0.2) is 0 Å². The minimum absolute atomic E-state index is 0. The van der Waals surface area contributed by atoms with E-state index in [0.29, 0.717) is 0 Å². The SMILES string of the molecule is [CH2-]CCCCCCCCC.[Cl-].[Cl-].[Cl-].[Zr+4]. The first-order valence-corrected chi connectivity index (χ1v) is 4.71. The monoisotopic (exact) mass is 336 g/mol. The van der Waals surface area contributed by atoms with Gasteiger partial charge < -0.3 is 44.1 Å². The molecular formula is C10H21Cl3Zr. The van der Waals surface area contributed by atoms with Gasteiger partial charge in [0.05, 0.1) is 0 Å². The van der Waals surface area contributed by atoms with Gasteiger partial charge in [-0.25, -0.2) is 0 Å². The Morgan fingerprint density at radius 3 is 1.43 bits per heavy atom. The van der Waals surface area contributed by atoms with Gasteiger partial charge in [-0.15, -0.1) is 0 Å². The van der Waals surface area contributed by atoms with Crippen LogP contribution in [0.2, 0.25) is 0 Å². The largest absolute Gasteiger partial charge is 4.00 e. The quantitative estimate of drug-likeness (QED) is 0.322. The molecule has 0 bridgehead atoms. The zero-order valence-corrected chi connectivity index (χ0v) is 13.7. The average Bonchev–Trinajstić information content (AvgIpc) is 1.97. The van der Waals surface area contributed by atoms with Crippen LogP contribution in [-0.4, -0.2) is 0 Å². The van der Waals surface area contributed by atoms with Crippen LogP contribution in [0.5, 0.6) is 0 Å². The smallest absolute Gasteiger partial charge is 1.00 e. The van der Waals surface area contributed by atoms with E-state index in [2.05, 4.69) is 13.8 Å². The Kier molecular flexibility index (Phi) is 62.1. The van der Waals surface area contributed by atoms with Gasteiger partial charge in [-0.3, -0.25) is 0 Å². The van der Waals surface area contributed by atoms with Crippen molar-refractivity contribution in [2.24, 2.45) is 0 Å². The average molecular weight is 339 g/mol. The van der Waals surface area contributed by atoms with Crippen LogP contribution in [0.25, 0.3) is 0 Å². The Morgan fingerprint density at radius 2 is 1.07 bits per heavy atom. The van der Waals surface area contributed by atoms with E-state index in [4.69, 9.17) is 0 Å². The van der Waals surface area contributed by atoms with Crippen molar-refractivity contribution in [3.63, 3.8) is 0 Å². The second-order valence-electron chi connectivity index (χ2n) is 2.97. The van der Waals surface area contributed by atoms with Crippen LogP contribution in [0.3, 0.4) is 0 Å². The summed E-state index contributed by atoms with van der Waals surface area (Å²) in [5.41, 5.74) is 0. The van der Waals surface area contributed by atoms with Gasteiger partial charge in [0, 0.05) is 0 Å². The number of rotatable bonds is 7. The van der Waals surface area contributed by atoms with Gasteiger partial charge in [0.2, 0.25) is 0 Å². The molecule has 0 aromatic rings. The van der Waals surface area contributed by atoms with Gasteiger partial charge in [-0.1, -0.05) is 51.9 Å². The zero-order chi connectivity index (χ0) is 7.66. The standard InChI is InChI=1S/C10H21.3ClH.Zr/c1-3-5-7-9-10-8-6-4-2;;;;/h1,3-10H2,2H3;3*1H;/q-1;;;;+4/p-3. The second-order valence-corrected chi connectivity index (χ2v) is 2.97. The fourth-order valence-electron chi connectivity index (χ4n) is 1.13. The van der Waals surface area contributed by atoms with Gasteiger partial charge in [0.15, 0.2) is 0 Å². The Labute approximate surface area is 128 Å². The molecule has 0 saturated heterocycles. The molecule has 0 nitrogen and oxygen atoms in total. The Hall–Kier alpha value is 1.75. The van der Waals surface area contributed by atoms with Crippen LogP contribution < -0.4 is 37.2 Å². The number of halogens is 3. The molecule has 0 N–H and O–H groups in total. The van der Waals surface area contributed by atoms with Crippen LogP contribution >= 0.6 is 0 Å². The summed E-state index contributed by atoms with van der Waals surface area (Å²) >= 11 is 0. The van der Waals surface area contributed by atoms with Crippen LogP contribution in [0.1, 0.15) is 58.3 Å². The van der Waals surface area contributed by atoms with Crippen LogP contribution in [0.4, 0.5) is 0 Å². The summed E-state index contributed by atoms with van der Waals surface area (Å²) in [7, 11) is 0. The maximum absolute atomic E-state index is 3.82. The van der Waals surface area contributed by atoms with Gasteiger partial charge in [0.25, 0.3) is 0 Å². The molecule has 0 aliphatic heterocycles. The third-order valence-electron chi connectivity index (χ3n) is 1.85. The molecule has 0 radical (unpaired) electrons.